The predicted octanol–water partition coefficient (Wildman–Crippen LogP) is 3.41. The minimum Gasteiger partial charge on any atom is -0.347 e. The van der Waals surface area contributed by atoms with Crippen LogP contribution in [0, 0.1) is 0 Å². The van der Waals surface area contributed by atoms with Gasteiger partial charge in [0.15, 0.2) is 6.29 Å². The van der Waals surface area contributed by atoms with Crippen molar-refractivity contribution in [2.75, 3.05) is 0 Å². The zero-order valence-electron chi connectivity index (χ0n) is 8.87. The van der Waals surface area contributed by atoms with Crippen LogP contribution in [0.4, 0.5) is 13.2 Å². The Balaban J connectivity index is 2.38. The monoisotopic (exact) mass is 241 g/mol. The van der Waals surface area contributed by atoms with Crippen molar-refractivity contribution >= 4 is 17.2 Å². The summed E-state index contributed by atoms with van der Waals surface area (Å²) in [6, 6.07) is 6.78. The SMILES string of the molecule is O=Cc1cccc2ccn(CCC(F)(F)F)c12. The number of halogens is 3. The number of benzene rings is 1. The summed E-state index contributed by atoms with van der Waals surface area (Å²) in [5.41, 5.74) is 0.974. The first-order chi connectivity index (χ1) is 8.01. The van der Waals surface area contributed by atoms with Gasteiger partial charge in [-0.1, -0.05) is 12.1 Å². The second-order valence-electron chi connectivity index (χ2n) is 3.78. The number of aromatic nitrogens is 1. The number of nitrogens with zero attached hydrogens (tertiary/aromatic N) is 1. The average Bonchev–Trinajstić information content (AvgIpc) is 2.68. The van der Waals surface area contributed by atoms with Crippen molar-refractivity contribution < 1.29 is 18.0 Å². The van der Waals surface area contributed by atoms with Gasteiger partial charge in [0.25, 0.3) is 0 Å². The smallest absolute Gasteiger partial charge is 0.347 e. The Labute approximate surface area is 95.7 Å². The molecule has 0 aliphatic carbocycles. The molecule has 0 amide bonds. The van der Waals surface area contributed by atoms with Crippen molar-refractivity contribution in [3.8, 4) is 0 Å². The van der Waals surface area contributed by atoms with Gasteiger partial charge in [0.1, 0.15) is 0 Å². The Bertz CT molecular complexity index is 542. The van der Waals surface area contributed by atoms with Gasteiger partial charge < -0.3 is 4.57 Å². The van der Waals surface area contributed by atoms with Crippen LogP contribution in [0.1, 0.15) is 16.8 Å². The van der Waals surface area contributed by atoms with Crippen LogP contribution >= 0.6 is 0 Å². The summed E-state index contributed by atoms with van der Waals surface area (Å²) < 4.78 is 37.9. The molecule has 17 heavy (non-hydrogen) atoms. The molecule has 0 unspecified atom stereocenters. The molecule has 0 spiro atoms. The number of rotatable bonds is 3. The molecule has 0 aliphatic heterocycles. The lowest BCUT2D eigenvalue weighted by Crippen LogP contribution is -2.12. The van der Waals surface area contributed by atoms with E-state index < -0.39 is 12.6 Å². The van der Waals surface area contributed by atoms with E-state index in [1.165, 1.54) is 4.57 Å². The maximum atomic E-state index is 12.1. The van der Waals surface area contributed by atoms with E-state index in [4.69, 9.17) is 0 Å². The van der Waals surface area contributed by atoms with E-state index in [2.05, 4.69) is 0 Å². The summed E-state index contributed by atoms with van der Waals surface area (Å²) in [4.78, 5) is 10.8. The maximum absolute atomic E-state index is 12.1. The number of hydrogen-bond acceptors (Lipinski definition) is 1. The van der Waals surface area contributed by atoms with E-state index in [0.29, 0.717) is 17.4 Å². The Kier molecular flexibility index (Phi) is 2.92. The van der Waals surface area contributed by atoms with Gasteiger partial charge in [-0.25, -0.2) is 0 Å². The molecule has 0 radical (unpaired) electrons. The van der Waals surface area contributed by atoms with Crippen LogP contribution in [-0.2, 0) is 6.54 Å². The first-order valence-corrected chi connectivity index (χ1v) is 5.11. The van der Waals surface area contributed by atoms with E-state index in [1.807, 2.05) is 0 Å². The molecule has 90 valence electrons. The highest BCUT2D eigenvalue weighted by Gasteiger charge is 2.26. The highest BCUT2D eigenvalue weighted by Crippen LogP contribution is 2.24. The Hall–Kier alpha value is -1.78. The largest absolute Gasteiger partial charge is 0.390 e. The van der Waals surface area contributed by atoms with Gasteiger partial charge in [0.05, 0.1) is 11.9 Å². The summed E-state index contributed by atoms with van der Waals surface area (Å²) in [5, 5.41) is 0.775. The molecule has 0 saturated carbocycles. The number of fused-ring (bicyclic) bond motifs is 1. The third-order valence-electron chi connectivity index (χ3n) is 2.58. The van der Waals surface area contributed by atoms with Crippen LogP contribution in [-0.4, -0.2) is 17.0 Å². The van der Waals surface area contributed by atoms with Gasteiger partial charge >= 0.3 is 6.18 Å². The molecule has 0 aliphatic rings. The second-order valence-corrected chi connectivity index (χ2v) is 3.78. The van der Waals surface area contributed by atoms with Gasteiger partial charge in [0.2, 0.25) is 0 Å². The molecule has 0 saturated heterocycles. The van der Waals surface area contributed by atoms with Crippen molar-refractivity contribution in [1.82, 2.24) is 4.57 Å². The maximum Gasteiger partial charge on any atom is 0.390 e. The molecule has 0 bridgehead atoms. The summed E-state index contributed by atoms with van der Waals surface area (Å²) in [5.74, 6) is 0. The first kappa shape index (κ1) is 11.7. The molecule has 2 rings (SSSR count). The number of carbonyl (C=O) groups is 1. The number of aryl methyl sites for hydroxylation is 1. The van der Waals surface area contributed by atoms with Crippen molar-refractivity contribution in [2.24, 2.45) is 0 Å². The zero-order valence-corrected chi connectivity index (χ0v) is 8.87. The minimum atomic E-state index is -4.19. The fourth-order valence-electron chi connectivity index (χ4n) is 1.82. The highest BCUT2D eigenvalue weighted by molar-refractivity contribution is 5.96. The lowest BCUT2D eigenvalue weighted by Gasteiger charge is -2.09. The van der Waals surface area contributed by atoms with E-state index in [9.17, 15) is 18.0 Å². The third kappa shape index (κ3) is 2.49. The van der Waals surface area contributed by atoms with Crippen LogP contribution in [0.5, 0.6) is 0 Å². The quantitative estimate of drug-likeness (QED) is 0.755. The summed E-state index contributed by atoms with van der Waals surface area (Å²) in [6.07, 6.45) is -2.85. The standard InChI is InChI=1S/C12H10F3NO/c13-12(14,15)5-7-16-6-4-9-2-1-3-10(8-17)11(9)16/h1-4,6,8H,5,7H2. The van der Waals surface area contributed by atoms with E-state index in [1.54, 1.807) is 30.5 Å². The molecular weight excluding hydrogens is 231 g/mol. The number of alkyl halides is 3. The van der Waals surface area contributed by atoms with Crippen molar-refractivity contribution in [3.63, 3.8) is 0 Å². The number of para-hydroxylation sites is 1. The molecule has 0 fully saturated rings. The van der Waals surface area contributed by atoms with Crippen molar-refractivity contribution in [2.45, 2.75) is 19.1 Å². The van der Waals surface area contributed by atoms with Gasteiger partial charge in [-0.05, 0) is 12.1 Å². The van der Waals surface area contributed by atoms with E-state index in [0.717, 1.165) is 5.39 Å². The van der Waals surface area contributed by atoms with Crippen LogP contribution in [0.25, 0.3) is 10.9 Å². The number of hydrogen-bond donors (Lipinski definition) is 0. The summed E-state index contributed by atoms with van der Waals surface area (Å²) in [6.45, 7) is -0.169. The number of aldehydes is 1. The van der Waals surface area contributed by atoms with Gasteiger partial charge in [-0.2, -0.15) is 13.2 Å². The van der Waals surface area contributed by atoms with Crippen LogP contribution < -0.4 is 0 Å². The van der Waals surface area contributed by atoms with Crippen molar-refractivity contribution in [1.29, 1.82) is 0 Å². The van der Waals surface area contributed by atoms with Gasteiger partial charge in [-0.3, -0.25) is 4.79 Å². The van der Waals surface area contributed by atoms with Gasteiger partial charge in [0, 0.05) is 23.7 Å². The first-order valence-electron chi connectivity index (χ1n) is 5.11. The summed E-state index contributed by atoms with van der Waals surface area (Å²) in [7, 11) is 0. The fourth-order valence-corrected chi connectivity index (χ4v) is 1.82. The summed E-state index contributed by atoms with van der Waals surface area (Å²) >= 11 is 0. The zero-order chi connectivity index (χ0) is 12.5. The van der Waals surface area contributed by atoms with Crippen LogP contribution in [0.3, 0.4) is 0 Å². The molecule has 2 nitrogen and oxygen atoms in total. The third-order valence-corrected chi connectivity index (χ3v) is 2.58. The van der Waals surface area contributed by atoms with Gasteiger partial charge in [-0.15, -0.1) is 0 Å². The normalized spacial score (nSPS) is 11.9. The fraction of sp³-hybridized carbons (Fsp3) is 0.250. The molecule has 1 heterocycles. The molecule has 1 aromatic carbocycles. The lowest BCUT2D eigenvalue weighted by molar-refractivity contribution is -0.136. The van der Waals surface area contributed by atoms with Crippen LogP contribution in [0.15, 0.2) is 30.5 Å². The Morgan fingerprint density at radius 1 is 1.24 bits per heavy atom. The molecule has 5 heteroatoms. The topological polar surface area (TPSA) is 22.0 Å². The molecule has 0 atom stereocenters. The number of carbonyl (C=O) groups excluding carboxylic acids is 1. The molecular formula is C12H10F3NO. The predicted molar refractivity (Wildman–Crippen MR) is 58.0 cm³/mol. The average molecular weight is 241 g/mol. The minimum absolute atomic E-state index is 0.169. The lowest BCUT2D eigenvalue weighted by atomic mass is 10.1. The van der Waals surface area contributed by atoms with Crippen LogP contribution in [0.2, 0.25) is 0 Å². The molecule has 0 N–H and O–H groups in total. The molecule has 1 aromatic heterocycles. The van der Waals surface area contributed by atoms with E-state index >= 15 is 0 Å². The Morgan fingerprint density at radius 2 is 2.00 bits per heavy atom. The second kappa shape index (κ2) is 4.24. The molecule has 2 aromatic rings. The highest BCUT2D eigenvalue weighted by atomic mass is 19.4. The van der Waals surface area contributed by atoms with E-state index in [-0.39, 0.29) is 6.54 Å². The Morgan fingerprint density at radius 3 is 2.65 bits per heavy atom. The van der Waals surface area contributed by atoms with Crippen molar-refractivity contribution in [3.05, 3.63) is 36.0 Å².